The van der Waals surface area contributed by atoms with Gasteiger partial charge in [-0.05, 0) is 62.8 Å². The fourth-order valence-corrected chi connectivity index (χ4v) is 5.44. The predicted octanol–water partition coefficient (Wildman–Crippen LogP) is 3.59. The van der Waals surface area contributed by atoms with Gasteiger partial charge in [0.25, 0.3) is 5.91 Å². The first-order chi connectivity index (χ1) is 17.5. The molecule has 0 unspecified atom stereocenters. The standard InChI is InChI=1S/C26H25FN6O3.ClH/c27-19-13-29-20-3-1-16(11-28)31-23(20)18(19)5-6-26-9-7-25(8-10-26,15-36-26)30-12-17-2-4-21-24(32-17)33-22(34)14-35-21;/h1-4,13,30H,5-10,12,14-15H2,(H,32,33,34);1H. The molecule has 11 heteroatoms. The highest BCUT2D eigenvalue weighted by atomic mass is 35.5. The molecule has 7 rings (SSSR count). The zero-order valence-corrected chi connectivity index (χ0v) is 20.9. The number of carbonyl (C=O) groups is 1. The number of fused-ring (bicyclic) bond motifs is 5. The summed E-state index contributed by atoms with van der Waals surface area (Å²) >= 11 is 0. The van der Waals surface area contributed by atoms with E-state index in [1.807, 2.05) is 18.2 Å². The second kappa shape index (κ2) is 9.82. The maximum atomic E-state index is 14.7. The summed E-state index contributed by atoms with van der Waals surface area (Å²) in [5, 5.41) is 15.6. The van der Waals surface area contributed by atoms with Crippen molar-refractivity contribution in [2.75, 3.05) is 18.5 Å². The van der Waals surface area contributed by atoms with E-state index in [0.717, 1.165) is 31.4 Å². The molecule has 4 aliphatic rings. The second-order valence-corrected chi connectivity index (χ2v) is 9.85. The van der Waals surface area contributed by atoms with Gasteiger partial charge in [0.15, 0.2) is 18.2 Å². The van der Waals surface area contributed by atoms with Gasteiger partial charge in [0.2, 0.25) is 0 Å². The molecule has 0 radical (unpaired) electrons. The van der Waals surface area contributed by atoms with Crippen LogP contribution in [0.15, 0.2) is 30.5 Å². The minimum absolute atomic E-state index is 0. The molecule has 2 bridgehead atoms. The van der Waals surface area contributed by atoms with Crippen molar-refractivity contribution in [3.8, 4) is 11.8 Å². The van der Waals surface area contributed by atoms with Crippen LogP contribution in [0.3, 0.4) is 0 Å². The summed E-state index contributed by atoms with van der Waals surface area (Å²) < 4.78 is 26.5. The Hall–Kier alpha value is -3.39. The molecule has 1 saturated carbocycles. The Labute approximate surface area is 219 Å². The minimum atomic E-state index is -0.400. The molecule has 3 aliphatic heterocycles. The van der Waals surface area contributed by atoms with Gasteiger partial charge in [0.05, 0.1) is 35.1 Å². The van der Waals surface area contributed by atoms with E-state index in [-0.39, 0.29) is 41.8 Å². The Bertz CT molecular complexity index is 1390. The quantitative estimate of drug-likeness (QED) is 0.501. The van der Waals surface area contributed by atoms with Crippen molar-refractivity contribution in [2.24, 2.45) is 0 Å². The number of anilines is 1. The molecule has 0 atom stereocenters. The smallest absolute Gasteiger partial charge is 0.263 e. The van der Waals surface area contributed by atoms with Crippen LogP contribution in [0, 0.1) is 17.1 Å². The third-order valence-corrected chi connectivity index (χ3v) is 7.66. The Morgan fingerprint density at radius 2 is 2.00 bits per heavy atom. The molecule has 3 aromatic heterocycles. The lowest BCUT2D eigenvalue weighted by Crippen LogP contribution is -2.61. The first-order valence-corrected chi connectivity index (χ1v) is 12.1. The Kier molecular flexibility index (Phi) is 6.70. The van der Waals surface area contributed by atoms with Gasteiger partial charge in [-0.2, -0.15) is 5.26 Å². The van der Waals surface area contributed by atoms with Gasteiger partial charge < -0.3 is 20.1 Å². The summed E-state index contributed by atoms with van der Waals surface area (Å²) in [6.07, 6.45) is 6.05. The van der Waals surface area contributed by atoms with Crippen molar-refractivity contribution < 1.29 is 18.7 Å². The molecule has 2 N–H and O–H groups in total. The Balaban J connectivity index is 0.00000280. The lowest BCUT2D eigenvalue weighted by molar-refractivity contribution is -0.165. The van der Waals surface area contributed by atoms with Crippen molar-refractivity contribution in [1.29, 1.82) is 5.26 Å². The van der Waals surface area contributed by atoms with E-state index in [9.17, 15) is 14.4 Å². The van der Waals surface area contributed by atoms with Crippen molar-refractivity contribution in [2.45, 2.75) is 56.2 Å². The van der Waals surface area contributed by atoms with Gasteiger partial charge in [-0.1, -0.05) is 0 Å². The van der Waals surface area contributed by atoms with E-state index in [1.54, 1.807) is 12.1 Å². The highest BCUT2D eigenvalue weighted by molar-refractivity contribution is 5.94. The fraction of sp³-hybridized carbons (Fsp3) is 0.423. The van der Waals surface area contributed by atoms with E-state index in [2.05, 4.69) is 25.6 Å². The van der Waals surface area contributed by atoms with Gasteiger partial charge in [0, 0.05) is 17.6 Å². The van der Waals surface area contributed by atoms with Crippen LogP contribution in [0.2, 0.25) is 0 Å². The number of nitriles is 1. The van der Waals surface area contributed by atoms with E-state index >= 15 is 0 Å². The Morgan fingerprint density at radius 1 is 1.16 bits per heavy atom. The number of halogens is 2. The zero-order valence-electron chi connectivity index (χ0n) is 20.1. The molecular weight excluding hydrogens is 499 g/mol. The van der Waals surface area contributed by atoms with Gasteiger partial charge >= 0.3 is 0 Å². The Morgan fingerprint density at radius 3 is 2.76 bits per heavy atom. The molecule has 6 heterocycles. The number of hydrogen-bond donors (Lipinski definition) is 2. The maximum absolute atomic E-state index is 14.7. The van der Waals surface area contributed by atoms with Gasteiger partial charge in [0.1, 0.15) is 17.6 Å². The molecule has 1 aliphatic carbocycles. The van der Waals surface area contributed by atoms with Gasteiger partial charge in [-0.15, -0.1) is 12.4 Å². The zero-order chi connectivity index (χ0) is 24.8. The summed E-state index contributed by atoms with van der Waals surface area (Å²) in [5.74, 6) is 0.433. The average molecular weight is 525 g/mol. The number of aromatic nitrogens is 3. The molecule has 192 valence electrons. The monoisotopic (exact) mass is 524 g/mol. The molecule has 37 heavy (non-hydrogen) atoms. The first-order valence-electron chi connectivity index (χ1n) is 12.1. The molecule has 1 amide bonds. The number of rotatable bonds is 6. The summed E-state index contributed by atoms with van der Waals surface area (Å²) in [6.45, 7) is 1.14. The summed E-state index contributed by atoms with van der Waals surface area (Å²) in [5.41, 5.74) is 2.18. The maximum Gasteiger partial charge on any atom is 0.263 e. The van der Waals surface area contributed by atoms with Crippen LogP contribution in [-0.2, 0) is 22.5 Å². The van der Waals surface area contributed by atoms with E-state index in [4.69, 9.17) is 9.47 Å². The highest BCUT2D eigenvalue weighted by Crippen LogP contribution is 2.46. The van der Waals surface area contributed by atoms with Crippen molar-refractivity contribution in [3.63, 3.8) is 0 Å². The number of carbonyl (C=O) groups excluding carboxylic acids is 1. The van der Waals surface area contributed by atoms with E-state index in [1.165, 1.54) is 6.20 Å². The van der Waals surface area contributed by atoms with Crippen LogP contribution in [0.4, 0.5) is 10.2 Å². The molecule has 3 fully saturated rings. The number of hydrogen-bond acceptors (Lipinski definition) is 8. The third kappa shape index (κ3) is 4.82. The van der Waals surface area contributed by atoms with Gasteiger partial charge in [-0.25, -0.2) is 14.4 Å². The highest BCUT2D eigenvalue weighted by Gasteiger charge is 2.49. The average Bonchev–Trinajstić information content (AvgIpc) is 2.92. The number of ether oxygens (including phenoxy) is 2. The SMILES string of the molecule is Cl.N#Cc1ccc2ncc(F)c(CCC34CCC(NCc5ccc6c(n5)NC(=O)CO6)(CC3)CO4)c2n1. The first kappa shape index (κ1) is 25.3. The van der Waals surface area contributed by atoms with Crippen LogP contribution in [0.1, 0.15) is 49.1 Å². The number of pyridine rings is 3. The molecule has 9 nitrogen and oxygen atoms in total. The largest absolute Gasteiger partial charge is 0.480 e. The van der Waals surface area contributed by atoms with Crippen molar-refractivity contribution in [1.82, 2.24) is 20.3 Å². The lowest BCUT2D eigenvalue weighted by atomic mass is 9.69. The number of amides is 1. The second-order valence-electron chi connectivity index (χ2n) is 9.85. The molecule has 0 spiro atoms. The van der Waals surface area contributed by atoms with Crippen LogP contribution >= 0.6 is 12.4 Å². The summed E-state index contributed by atoms with van der Waals surface area (Å²) in [6, 6.07) is 9.05. The van der Waals surface area contributed by atoms with E-state index < -0.39 is 5.82 Å². The molecule has 0 aromatic carbocycles. The number of aryl methyl sites for hydroxylation is 1. The van der Waals surface area contributed by atoms with E-state index in [0.29, 0.717) is 54.2 Å². The normalized spacial score (nSPS) is 23.9. The van der Waals surface area contributed by atoms with Crippen LogP contribution in [0.25, 0.3) is 11.0 Å². The number of nitrogens with one attached hydrogen (secondary N) is 2. The van der Waals surface area contributed by atoms with Crippen LogP contribution in [0.5, 0.6) is 5.75 Å². The van der Waals surface area contributed by atoms with Crippen molar-refractivity contribution >= 4 is 35.2 Å². The van der Waals surface area contributed by atoms with Gasteiger partial charge in [-0.3, -0.25) is 9.78 Å². The summed E-state index contributed by atoms with van der Waals surface area (Å²) in [4.78, 5) is 24.5. The predicted molar refractivity (Wildman–Crippen MR) is 135 cm³/mol. The molecule has 2 saturated heterocycles. The molecule has 3 aromatic rings. The molecular formula is C26H26ClFN6O3. The fourth-order valence-electron chi connectivity index (χ4n) is 5.44. The van der Waals surface area contributed by atoms with Crippen molar-refractivity contribution in [3.05, 3.63) is 53.2 Å². The lowest BCUT2D eigenvalue weighted by Gasteiger charge is -2.53. The van der Waals surface area contributed by atoms with Crippen LogP contribution < -0.4 is 15.4 Å². The minimum Gasteiger partial charge on any atom is -0.480 e. The number of nitrogens with zero attached hydrogens (tertiary/aromatic N) is 4. The summed E-state index contributed by atoms with van der Waals surface area (Å²) in [7, 11) is 0. The third-order valence-electron chi connectivity index (χ3n) is 7.66. The van der Waals surface area contributed by atoms with Crippen LogP contribution in [-0.4, -0.2) is 45.2 Å². The topological polar surface area (TPSA) is 122 Å².